The van der Waals surface area contributed by atoms with E-state index in [-0.39, 0.29) is 0 Å². The van der Waals surface area contributed by atoms with E-state index in [1.807, 2.05) is 12.1 Å². The van der Waals surface area contributed by atoms with Crippen LogP contribution in [0.1, 0.15) is 38.2 Å². The van der Waals surface area contributed by atoms with Gasteiger partial charge in [0.25, 0.3) is 0 Å². The fraction of sp³-hybridized carbons (Fsp3) is 0.625. The molecule has 1 fully saturated rings. The van der Waals surface area contributed by atoms with E-state index in [2.05, 4.69) is 24.4 Å². The molecule has 100 valence electrons. The zero-order valence-electron chi connectivity index (χ0n) is 11.7. The van der Waals surface area contributed by atoms with Gasteiger partial charge in [-0.25, -0.2) is 0 Å². The van der Waals surface area contributed by atoms with E-state index in [1.165, 1.54) is 37.8 Å². The van der Waals surface area contributed by atoms with Crippen molar-refractivity contribution in [2.45, 2.75) is 39.0 Å². The van der Waals surface area contributed by atoms with Crippen molar-refractivity contribution in [1.82, 2.24) is 5.32 Å². The lowest BCUT2D eigenvalue weighted by Gasteiger charge is -2.14. The van der Waals surface area contributed by atoms with Crippen LogP contribution in [0.5, 0.6) is 5.75 Å². The Morgan fingerprint density at radius 1 is 1.22 bits per heavy atom. The van der Waals surface area contributed by atoms with Crippen LogP contribution >= 0.6 is 0 Å². The van der Waals surface area contributed by atoms with Gasteiger partial charge in [0.1, 0.15) is 5.75 Å². The molecule has 2 heteroatoms. The van der Waals surface area contributed by atoms with Gasteiger partial charge >= 0.3 is 0 Å². The van der Waals surface area contributed by atoms with Gasteiger partial charge in [-0.1, -0.05) is 25.5 Å². The highest BCUT2D eigenvalue weighted by molar-refractivity contribution is 5.27. The second-order valence-electron chi connectivity index (χ2n) is 5.52. The number of hydrogen-bond donors (Lipinski definition) is 1. The maximum absolute atomic E-state index is 5.16. The largest absolute Gasteiger partial charge is 0.497 e. The second-order valence-corrected chi connectivity index (χ2v) is 5.52. The van der Waals surface area contributed by atoms with Crippen LogP contribution in [0.4, 0.5) is 0 Å². The van der Waals surface area contributed by atoms with Crippen LogP contribution in [0.3, 0.4) is 0 Å². The van der Waals surface area contributed by atoms with Crippen LogP contribution in [0.2, 0.25) is 0 Å². The summed E-state index contributed by atoms with van der Waals surface area (Å²) >= 11 is 0. The highest BCUT2D eigenvalue weighted by Crippen LogP contribution is 2.48. The molecule has 0 radical (unpaired) electrons. The first-order valence-electron chi connectivity index (χ1n) is 7.12. The smallest absolute Gasteiger partial charge is 0.118 e. The Labute approximate surface area is 111 Å². The van der Waals surface area contributed by atoms with E-state index in [0.717, 1.165) is 18.7 Å². The molecular weight excluding hydrogens is 222 g/mol. The minimum atomic E-state index is 0.661. The van der Waals surface area contributed by atoms with Crippen molar-refractivity contribution in [3.63, 3.8) is 0 Å². The standard InChI is InChI=1S/C16H25NO/c1-3-9-16(10-11-16)13-17-12-8-14-4-6-15(18-2)7-5-14/h4-7,17H,3,8-13H2,1-2H3. The van der Waals surface area contributed by atoms with E-state index in [4.69, 9.17) is 4.74 Å². The average Bonchev–Trinajstić information content (AvgIpc) is 3.16. The molecular formula is C16H25NO. The summed E-state index contributed by atoms with van der Waals surface area (Å²) < 4.78 is 5.16. The lowest BCUT2D eigenvalue weighted by Crippen LogP contribution is -2.25. The summed E-state index contributed by atoms with van der Waals surface area (Å²) in [6.07, 6.45) is 6.67. The summed E-state index contributed by atoms with van der Waals surface area (Å²) in [7, 11) is 1.71. The van der Waals surface area contributed by atoms with Crippen molar-refractivity contribution in [1.29, 1.82) is 0 Å². The van der Waals surface area contributed by atoms with Crippen molar-refractivity contribution in [2.75, 3.05) is 20.2 Å². The minimum Gasteiger partial charge on any atom is -0.497 e. The van der Waals surface area contributed by atoms with Crippen molar-refractivity contribution < 1.29 is 4.74 Å². The molecule has 1 aromatic rings. The average molecular weight is 247 g/mol. The maximum Gasteiger partial charge on any atom is 0.118 e. The van der Waals surface area contributed by atoms with Gasteiger partial charge in [0.2, 0.25) is 0 Å². The molecule has 18 heavy (non-hydrogen) atoms. The quantitative estimate of drug-likeness (QED) is 0.711. The van der Waals surface area contributed by atoms with Gasteiger partial charge < -0.3 is 10.1 Å². The van der Waals surface area contributed by atoms with Gasteiger partial charge in [0.05, 0.1) is 7.11 Å². The molecule has 1 N–H and O–H groups in total. The van der Waals surface area contributed by atoms with Gasteiger partial charge in [0, 0.05) is 6.54 Å². The van der Waals surface area contributed by atoms with Gasteiger partial charge in [-0.15, -0.1) is 0 Å². The predicted molar refractivity (Wildman–Crippen MR) is 76.1 cm³/mol. The molecule has 0 saturated heterocycles. The predicted octanol–water partition coefficient (Wildman–Crippen LogP) is 3.41. The number of nitrogens with one attached hydrogen (secondary N) is 1. The van der Waals surface area contributed by atoms with Crippen molar-refractivity contribution in [2.24, 2.45) is 5.41 Å². The van der Waals surface area contributed by atoms with E-state index in [0.29, 0.717) is 5.41 Å². The van der Waals surface area contributed by atoms with Crippen molar-refractivity contribution >= 4 is 0 Å². The molecule has 0 unspecified atom stereocenters. The summed E-state index contributed by atoms with van der Waals surface area (Å²) in [4.78, 5) is 0. The fourth-order valence-corrected chi connectivity index (χ4v) is 2.60. The molecule has 1 saturated carbocycles. The van der Waals surface area contributed by atoms with Gasteiger partial charge in [-0.05, 0) is 55.3 Å². The number of benzene rings is 1. The summed E-state index contributed by atoms with van der Waals surface area (Å²) in [6, 6.07) is 8.38. The first-order chi connectivity index (χ1) is 8.78. The lowest BCUT2D eigenvalue weighted by atomic mass is 10.0. The summed E-state index contributed by atoms with van der Waals surface area (Å²) in [5.74, 6) is 0.937. The van der Waals surface area contributed by atoms with E-state index in [9.17, 15) is 0 Å². The number of ether oxygens (including phenoxy) is 1. The second kappa shape index (κ2) is 6.24. The molecule has 2 nitrogen and oxygen atoms in total. The van der Waals surface area contributed by atoms with E-state index < -0.39 is 0 Å². The third-order valence-electron chi connectivity index (χ3n) is 3.99. The summed E-state index contributed by atoms with van der Waals surface area (Å²) in [6.45, 7) is 4.58. The van der Waals surface area contributed by atoms with Crippen LogP contribution in [0, 0.1) is 5.41 Å². The third kappa shape index (κ3) is 3.74. The molecule has 0 spiro atoms. The van der Waals surface area contributed by atoms with Crippen LogP contribution in [-0.4, -0.2) is 20.2 Å². The first-order valence-corrected chi connectivity index (χ1v) is 7.12. The molecule has 0 aromatic heterocycles. The molecule has 2 rings (SSSR count). The van der Waals surface area contributed by atoms with E-state index in [1.54, 1.807) is 7.11 Å². The summed E-state index contributed by atoms with van der Waals surface area (Å²) in [5.41, 5.74) is 2.04. The Morgan fingerprint density at radius 3 is 2.50 bits per heavy atom. The molecule has 0 amide bonds. The molecule has 1 aliphatic carbocycles. The van der Waals surface area contributed by atoms with Crippen LogP contribution in [-0.2, 0) is 6.42 Å². The molecule has 1 aromatic carbocycles. The van der Waals surface area contributed by atoms with Crippen LogP contribution in [0.25, 0.3) is 0 Å². The zero-order valence-corrected chi connectivity index (χ0v) is 11.7. The normalized spacial score (nSPS) is 16.6. The molecule has 0 bridgehead atoms. The van der Waals surface area contributed by atoms with Crippen LogP contribution < -0.4 is 10.1 Å². The Kier molecular flexibility index (Phi) is 4.65. The zero-order chi connectivity index (χ0) is 12.8. The van der Waals surface area contributed by atoms with Crippen molar-refractivity contribution in [3.8, 4) is 5.75 Å². The van der Waals surface area contributed by atoms with Gasteiger partial charge in [-0.3, -0.25) is 0 Å². The minimum absolute atomic E-state index is 0.661. The Morgan fingerprint density at radius 2 is 1.94 bits per heavy atom. The Balaban J connectivity index is 1.65. The summed E-state index contributed by atoms with van der Waals surface area (Å²) in [5, 5.41) is 3.62. The SMILES string of the molecule is CCCC1(CNCCc2ccc(OC)cc2)CC1. The lowest BCUT2D eigenvalue weighted by molar-refractivity contribution is 0.414. The number of rotatable bonds is 8. The molecule has 0 aliphatic heterocycles. The number of methoxy groups -OCH3 is 1. The molecule has 0 atom stereocenters. The van der Waals surface area contributed by atoms with Gasteiger partial charge in [0.15, 0.2) is 0 Å². The topological polar surface area (TPSA) is 21.3 Å². The van der Waals surface area contributed by atoms with Crippen LogP contribution in [0.15, 0.2) is 24.3 Å². The Bertz CT molecular complexity index is 354. The van der Waals surface area contributed by atoms with Gasteiger partial charge in [-0.2, -0.15) is 0 Å². The molecule has 0 heterocycles. The van der Waals surface area contributed by atoms with E-state index >= 15 is 0 Å². The highest BCUT2D eigenvalue weighted by atomic mass is 16.5. The third-order valence-corrected chi connectivity index (χ3v) is 3.99. The number of hydrogen-bond acceptors (Lipinski definition) is 2. The van der Waals surface area contributed by atoms with Crippen molar-refractivity contribution in [3.05, 3.63) is 29.8 Å². The monoisotopic (exact) mass is 247 g/mol. The first kappa shape index (κ1) is 13.4. The molecule has 1 aliphatic rings. The Hall–Kier alpha value is -1.02. The maximum atomic E-state index is 5.16. The fourth-order valence-electron chi connectivity index (χ4n) is 2.60. The highest BCUT2D eigenvalue weighted by Gasteiger charge is 2.40.